The molecule has 7 nitrogen and oxygen atoms in total. The molecule has 2 aromatic heterocycles. The van der Waals surface area contributed by atoms with Crippen molar-refractivity contribution in [1.82, 2.24) is 30.0 Å². The molecule has 0 aliphatic heterocycles. The van der Waals surface area contributed by atoms with Gasteiger partial charge in [-0.3, -0.25) is 5.84 Å². The van der Waals surface area contributed by atoms with E-state index in [4.69, 9.17) is 5.84 Å². The number of nitrogens with zero attached hydrogens (tertiary/aromatic N) is 5. The summed E-state index contributed by atoms with van der Waals surface area (Å²) in [5, 5.41) is 12.2. The third-order valence-electron chi connectivity index (χ3n) is 2.75. The molecule has 0 saturated heterocycles. The Bertz CT molecular complexity index is 551. The molecule has 2 rings (SSSR count). The minimum Gasteiger partial charge on any atom is -0.270 e. The average molecular weight is 346 g/mol. The van der Waals surface area contributed by atoms with Crippen molar-refractivity contribution in [2.24, 2.45) is 12.9 Å². The second-order valence-corrected chi connectivity index (χ2v) is 6.76. The maximum atomic E-state index is 5.72. The smallest absolute Gasteiger partial charge is 0.153 e. The molecule has 2 aromatic rings. The van der Waals surface area contributed by atoms with Crippen LogP contribution in [0.5, 0.6) is 0 Å². The van der Waals surface area contributed by atoms with Crippen LogP contribution in [0.1, 0.15) is 43.1 Å². The maximum Gasteiger partial charge on any atom is 0.153 e. The Kier molecular flexibility index (Phi) is 4.00. The first-order valence-electron chi connectivity index (χ1n) is 5.70. The molecule has 9 heteroatoms. The lowest BCUT2D eigenvalue weighted by Gasteiger charge is -2.21. The highest BCUT2D eigenvalue weighted by Gasteiger charge is 2.30. The minimum atomic E-state index is -0.247. The summed E-state index contributed by atoms with van der Waals surface area (Å²) in [6.45, 7) is 6.28. The summed E-state index contributed by atoms with van der Waals surface area (Å²) in [5.41, 5.74) is 4.47. The largest absolute Gasteiger partial charge is 0.270 e. The third kappa shape index (κ3) is 2.69. The van der Waals surface area contributed by atoms with Crippen molar-refractivity contribution >= 4 is 27.5 Å². The van der Waals surface area contributed by atoms with E-state index in [-0.39, 0.29) is 11.5 Å². The summed E-state index contributed by atoms with van der Waals surface area (Å²) in [7, 11) is 1.82. The first kappa shape index (κ1) is 14.5. The highest BCUT2D eigenvalue weighted by molar-refractivity contribution is 9.10. The monoisotopic (exact) mass is 345 g/mol. The van der Waals surface area contributed by atoms with Crippen LogP contribution in [0.15, 0.2) is 4.60 Å². The molecule has 0 spiro atoms. The fourth-order valence-electron chi connectivity index (χ4n) is 1.83. The van der Waals surface area contributed by atoms with Gasteiger partial charge in [0.1, 0.15) is 6.04 Å². The minimum absolute atomic E-state index is 0.101. The van der Waals surface area contributed by atoms with E-state index in [0.29, 0.717) is 4.60 Å². The second-order valence-electron chi connectivity index (χ2n) is 5.22. The number of rotatable bonds is 3. The van der Waals surface area contributed by atoms with Gasteiger partial charge < -0.3 is 0 Å². The second kappa shape index (κ2) is 5.23. The molecule has 104 valence electrons. The number of hydrogen-bond acceptors (Lipinski definition) is 7. The van der Waals surface area contributed by atoms with E-state index in [9.17, 15) is 0 Å². The summed E-state index contributed by atoms with van der Waals surface area (Å²) in [6, 6.07) is -0.247. The molecule has 3 N–H and O–H groups in total. The highest BCUT2D eigenvalue weighted by atomic mass is 79.9. The van der Waals surface area contributed by atoms with Crippen LogP contribution in [-0.2, 0) is 12.5 Å². The molecular formula is C10H16BrN7S. The quantitative estimate of drug-likeness (QED) is 0.642. The molecule has 0 fully saturated rings. The zero-order chi connectivity index (χ0) is 14.2. The average Bonchev–Trinajstić information content (AvgIpc) is 2.91. The zero-order valence-electron chi connectivity index (χ0n) is 11.2. The van der Waals surface area contributed by atoms with Crippen molar-refractivity contribution in [3.05, 3.63) is 20.9 Å². The topological polar surface area (TPSA) is 94.5 Å². The van der Waals surface area contributed by atoms with E-state index in [1.165, 1.54) is 11.5 Å². The standard InChI is InChI=1S/C10H16BrN7S/c1-10(2,3)8-7(19-17-14-8)5(13-12)6-9(11)15-16-18(6)4/h5,13H,12H2,1-4H3. The first-order chi connectivity index (χ1) is 8.86. The van der Waals surface area contributed by atoms with Gasteiger partial charge in [-0.2, -0.15) is 0 Å². The summed E-state index contributed by atoms with van der Waals surface area (Å²) >= 11 is 4.72. The van der Waals surface area contributed by atoms with Gasteiger partial charge in [0.15, 0.2) is 4.60 Å². The molecule has 0 saturated carbocycles. The van der Waals surface area contributed by atoms with Gasteiger partial charge in [-0.25, -0.2) is 10.1 Å². The van der Waals surface area contributed by atoms with Crippen LogP contribution in [0.3, 0.4) is 0 Å². The summed E-state index contributed by atoms with van der Waals surface area (Å²) in [4.78, 5) is 0.973. The van der Waals surface area contributed by atoms with Gasteiger partial charge >= 0.3 is 0 Å². The lowest BCUT2D eigenvalue weighted by molar-refractivity contribution is 0.528. The number of aromatic nitrogens is 5. The summed E-state index contributed by atoms with van der Waals surface area (Å²) in [5.74, 6) is 5.72. The Hall–Kier alpha value is -0.900. The van der Waals surface area contributed by atoms with E-state index >= 15 is 0 Å². The van der Waals surface area contributed by atoms with Crippen LogP contribution in [0.4, 0.5) is 0 Å². The molecule has 19 heavy (non-hydrogen) atoms. The predicted molar refractivity (Wildman–Crippen MR) is 76.5 cm³/mol. The van der Waals surface area contributed by atoms with Crippen LogP contribution < -0.4 is 11.3 Å². The molecule has 2 heterocycles. The van der Waals surface area contributed by atoms with E-state index in [2.05, 4.69) is 62.0 Å². The van der Waals surface area contributed by atoms with Crippen LogP contribution in [0.2, 0.25) is 0 Å². The van der Waals surface area contributed by atoms with E-state index < -0.39 is 0 Å². The molecule has 1 atom stereocenters. The van der Waals surface area contributed by atoms with Gasteiger partial charge in [-0.15, -0.1) is 10.2 Å². The molecule has 0 radical (unpaired) electrons. The van der Waals surface area contributed by atoms with E-state index in [0.717, 1.165) is 16.3 Å². The molecule has 0 aliphatic rings. The molecule has 0 amide bonds. The Balaban J connectivity index is 2.53. The van der Waals surface area contributed by atoms with E-state index in [1.54, 1.807) is 4.68 Å². The van der Waals surface area contributed by atoms with Crippen molar-refractivity contribution in [2.45, 2.75) is 32.2 Å². The highest BCUT2D eigenvalue weighted by Crippen LogP contribution is 2.34. The van der Waals surface area contributed by atoms with E-state index in [1.807, 2.05) is 7.05 Å². The molecule has 0 aromatic carbocycles. The van der Waals surface area contributed by atoms with Gasteiger partial charge in [0.05, 0.1) is 16.3 Å². The summed E-state index contributed by atoms with van der Waals surface area (Å²) < 4.78 is 6.40. The summed E-state index contributed by atoms with van der Waals surface area (Å²) in [6.07, 6.45) is 0. The maximum absolute atomic E-state index is 5.72. The van der Waals surface area contributed by atoms with Gasteiger partial charge in [-0.1, -0.05) is 30.5 Å². The number of hydrogen-bond donors (Lipinski definition) is 2. The third-order valence-corrected chi connectivity index (χ3v) is 4.11. The van der Waals surface area contributed by atoms with Crippen molar-refractivity contribution in [1.29, 1.82) is 0 Å². The van der Waals surface area contributed by atoms with Crippen molar-refractivity contribution < 1.29 is 0 Å². The van der Waals surface area contributed by atoms with Crippen LogP contribution in [0.25, 0.3) is 0 Å². The van der Waals surface area contributed by atoms with Crippen LogP contribution in [-0.4, -0.2) is 24.6 Å². The number of nitrogens with two attached hydrogens (primary N) is 1. The predicted octanol–water partition coefficient (Wildman–Crippen LogP) is 1.28. The lowest BCUT2D eigenvalue weighted by Crippen LogP contribution is -2.32. The molecule has 0 aliphatic carbocycles. The lowest BCUT2D eigenvalue weighted by atomic mass is 9.89. The number of aryl methyl sites for hydroxylation is 1. The number of halogens is 1. The Morgan fingerprint density at radius 2 is 2.05 bits per heavy atom. The van der Waals surface area contributed by atoms with Crippen LogP contribution >= 0.6 is 27.5 Å². The first-order valence-corrected chi connectivity index (χ1v) is 7.26. The Morgan fingerprint density at radius 1 is 1.37 bits per heavy atom. The Labute approximate surface area is 123 Å². The fraction of sp³-hybridized carbons (Fsp3) is 0.600. The van der Waals surface area contributed by atoms with Crippen molar-refractivity contribution in [2.75, 3.05) is 0 Å². The molecular weight excluding hydrogens is 330 g/mol. The molecule has 0 bridgehead atoms. The fourth-order valence-corrected chi connectivity index (χ4v) is 3.32. The normalized spacial score (nSPS) is 13.8. The van der Waals surface area contributed by atoms with Crippen molar-refractivity contribution in [3.63, 3.8) is 0 Å². The number of hydrazine groups is 1. The van der Waals surface area contributed by atoms with Crippen molar-refractivity contribution in [3.8, 4) is 0 Å². The SMILES string of the molecule is Cn1nnc(Br)c1C(NN)c1snnc1C(C)(C)C. The van der Waals surface area contributed by atoms with Gasteiger partial charge in [0.2, 0.25) is 0 Å². The van der Waals surface area contributed by atoms with Gasteiger partial charge in [0.25, 0.3) is 0 Å². The van der Waals surface area contributed by atoms with Gasteiger partial charge in [-0.05, 0) is 27.5 Å². The van der Waals surface area contributed by atoms with Gasteiger partial charge in [0, 0.05) is 12.5 Å². The zero-order valence-corrected chi connectivity index (χ0v) is 13.6. The number of nitrogens with one attached hydrogen (secondary N) is 1. The Morgan fingerprint density at radius 3 is 2.53 bits per heavy atom. The molecule has 1 unspecified atom stereocenters. The van der Waals surface area contributed by atoms with Crippen LogP contribution in [0, 0.1) is 0 Å².